The van der Waals surface area contributed by atoms with Crippen molar-refractivity contribution < 1.29 is 9.59 Å². The maximum absolute atomic E-state index is 13.2. The summed E-state index contributed by atoms with van der Waals surface area (Å²) in [5.41, 5.74) is 5.37. The van der Waals surface area contributed by atoms with Crippen molar-refractivity contribution in [2.24, 2.45) is 0 Å². The molecule has 4 aromatic carbocycles. The van der Waals surface area contributed by atoms with E-state index in [1.54, 1.807) is 0 Å². The lowest BCUT2D eigenvalue weighted by Crippen LogP contribution is -2.32. The van der Waals surface area contributed by atoms with Crippen molar-refractivity contribution in [1.29, 1.82) is 0 Å². The fourth-order valence-electron chi connectivity index (χ4n) is 4.76. The highest BCUT2D eigenvalue weighted by Gasteiger charge is 2.35. The number of rotatable bonds is 8. The van der Waals surface area contributed by atoms with Gasteiger partial charge in [0.15, 0.2) is 0 Å². The number of nitrogens with zero attached hydrogens (tertiary/aromatic N) is 1. The Morgan fingerprint density at radius 1 is 0.833 bits per heavy atom. The Bertz CT molecular complexity index is 1340. The standard InChI is InChI=1S/C31H29N3O2/c1-2-34-29(26-15-9-10-16-27(26)31(34)36)32-25-19-17-24(18-20-25)30(35)33-28(23-13-7-4-8-14-23)21-22-11-5-3-6-12-22/h3-20,28-29,32H,2,21H2,1H3,(H,33,35). The van der Waals surface area contributed by atoms with Crippen molar-refractivity contribution in [1.82, 2.24) is 10.2 Å². The van der Waals surface area contributed by atoms with Gasteiger partial charge in [-0.2, -0.15) is 0 Å². The maximum Gasteiger partial charge on any atom is 0.256 e. The molecule has 2 amide bonds. The lowest BCUT2D eigenvalue weighted by molar-refractivity contribution is 0.0753. The van der Waals surface area contributed by atoms with Gasteiger partial charge >= 0.3 is 0 Å². The fraction of sp³-hybridized carbons (Fsp3) is 0.161. The first kappa shape index (κ1) is 23.4. The van der Waals surface area contributed by atoms with E-state index >= 15 is 0 Å². The summed E-state index contributed by atoms with van der Waals surface area (Å²) in [7, 11) is 0. The predicted octanol–water partition coefficient (Wildman–Crippen LogP) is 5.99. The molecule has 0 aliphatic carbocycles. The van der Waals surface area contributed by atoms with Gasteiger partial charge in [0, 0.05) is 28.9 Å². The van der Waals surface area contributed by atoms with Crippen LogP contribution in [0.3, 0.4) is 0 Å². The number of carbonyl (C=O) groups excluding carboxylic acids is 2. The van der Waals surface area contributed by atoms with Gasteiger partial charge in [0.25, 0.3) is 11.8 Å². The topological polar surface area (TPSA) is 61.4 Å². The van der Waals surface area contributed by atoms with Gasteiger partial charge in [-0.05, 0) is 54.8 Å². The highest BCUT2D eigenvalue weighted by Crippen LogP contribution is 2.34. The second-order valence-corrected chi connectivity index (χ2v) is 8.93. The zero-order chi connectivity index (χ0) is 24.9. The molecule has 5 heteroatoms. The number of amides is 2. The van der Waals surface area contributed by atoms with E-state index in [9.17, 15) is 9.59 Å². The number of hydrogen-bond acceptors (Lipinski definition) is 3. The monoisotopic (exact) mass is 475 g/mol. The summed E-state index contributed by atoms with van der Waals surface area (Å²) < 4.78 is 0. The van der Waals surface area contributed by atoms with E-state index in [-0.39, 0.29) is 24.0 Å². The third-order valence-electron chi connectivity index (χ3n) is 6.64. The Kier molecular flexibility index (Phi) is 6.80. The summed E-state index contributed by atoms with van der Waals surface area (Å²) >= 11 is 0. The van der Waals surface area contributed by atoms with Crippen LogP contribution in [0.25, 0.3) is 0 Å². The predicted molar refractivity (Wildman–Crippen MR) is 143 cm³/mol. The van der Waals surface area contributed by atoms with E-state index in [0.717, 1.165) is 27.9 Å². The summed E-state index contributed by atoms with van der Waals surface area (Å²) in [5.74, 6) is -0.0881. The molecule has 2 N–H and O–H groups in total. The van der Waals surface area contributed by atoms with E-state index in [4.69, 9.17) is 0 Å². The molecular weight excluding hydrogens is 446 g/mol. The Morgan fingerprint density at radius 3 is 2.17 bits per heavy atom. The second-order valence-electron chi connectivity index (χ2n) is 8.93. The Labute approximate surface area is 211 Å². The molecular formula is C31H29N3O2. The largest absolute Gasteiger partial charge is 0.361 e. The molecule has 5 nitrogen and oxygen atoms in total. The number of anilines is 1. The van der Waals surface area contributed by atoms with Crippen LogP contribution in [-0.4, -0.2) is 23.3 Å². The van der Waals surface area contributed by atoms with Crippen LogP contribution >= 0.6 is 0 Å². The molecule has 0 radical (unpaired) electrons. The van der Waals surface area contributed by atoms with Gasteiger partial charge in [0.2, 0.25) is 0 Å². The van der Waals surface area contributed by atoms with E-state index in [0.29, 0.717) is 18.5 Å². The van der Waals surface area contributed by atoms with Crippen LogP contribution in [0.1, 0.15) is 56.5 Å². The summed E-state index contributed by atoms with van der Waals surface area (Å²) in [6.45, 7) is 2.58. The molecule has 5 rings (SSSR count). The maximum atomic E-state index is 13.2. The average Bonchev–Trinajstić information content (AvgIpc) is 3.20. The van der Waals surface area contributed by atoms with E-state index < -0.39 is 0 Å². The lowest BCUT2D eigenvalue weighted by atomic mass is 9.98. The molecule has 0 aromatic heterocycles. The minimum absolute atomic E-state index is 0.0342. The molecule has 0 fully saturated rings. The number of fused-ring (bicyclic) bond motifs is 1. The van der Waals surface area contributed by atoms with E-state index in [1.165, 1.54) is 0 Å². The molecule has 0 spiro atoms. The van der Waals surface area contributed by atoms with Gasteiger partial charge in [-0.1, -0.05) is 78.9 Å². The van der Waals surface area contributed by atoms with Crippen LogP contribution < -0.4 is 10.6 Å². The van der Waals surface area contributed by atoms with Gasteiger partial charge < -0.3 is 15.5 Å². The number of nitrogens with one attached hydrogen (secondary N) is 2. The first-order chi connectivity index (χ1) is 17.6. The minimum Gasteiger partial charge on any atom is -0.361 e. The second kappa shape index (κ2) is 10.5. The molecule has 2 unspecified atom stereocenters. The van der Waals surface area contributed by atoms with Crippen LogP contribution in [0.5, 0.6) is 0 Å². The average molecular weight is 476 g/mol. The van der Waals surface area contributed by atoms with Gasteiger partial charge in [0.1, 0.15) is 6.17 Å². The van der Waals surface area contributed by atoms with Crippen LogP contribution in [0.2, 0.25) is 0 Å². The summed E-state index contributed by atoms with van der Waals surface area (Å²) in [6, 6.07) is 35.2. The van der Waals surface area contributed by atoms with Crippen molar-refractivity contribution >= 4 is 17.5 Å². The zero-order valence-electron chi connectivity index (χ0n) is 20.2. The Morgan fingerprint density at radius 2 is 1.47 bits per heavy atom. The van der Waals surface area contributed by atoms with Crippen molar-refractivity contribution in [3.05, 3.63) is 137 Å². The van der Waals surface area contributed by atoms with Crippen molar-refractivity contribution in [3.63, 3.8) is 0 Å². The molecule has 0 bridgehead atoms. The summed E-state index contributed by atoms with van der Waals surface area (Å²) in [4.78, 5) is 27.8. The Hall–Kier alpha value is -4.38. The van der Waals surface area contributed by atoms with Crippen molar-refractivity contribution in [3.8, 4) is 0 Å². The van der Waals surface area contributed by atoms with Gasteiger partial charge in [-0.25, -0.2) is 0 Å². The zero-order valence-corrected chi connectivity index (χ0v) is 20.2. The molecule has 4 aromatic rings. The van der Waals surface area contributed by atoms with Gasteiger partial charge in [-0.15, -0.1) is 0 Å². The fourth-order valence-corrected chi connectivity index (χ4v) is 4.76. The Balaban J connectivity index is 1.31. The van der Waals surface area contributed by atoms with Crippen LogP contribution in [0, 0.1) is 0 Å². The molecule has 1 aliphatic heterocycles. The normalized spacial score (nSPS) is 15.3. The van der Waals surface area contributed by atoms with E-state index in [2.05, 4.69) is 22.8 Å². The van der Waals surface area contributed by atoms with Crippen LogP contribution in [0.4, 0.5) is 5.69 Å². The third kappa shape index (κ3) is 4.86. The SMILES string of the molecule is CCN1C(=O)c2ccccc2C1Nc1ccc(C(=O)NC(Cc2ccccc2)c2ccccc2)cc1. The molecule has 2 atom stereocenters. The molecule has 0 saturated carbocycles. The molecule has 180 valence electrons. The van der Waals surface area contributed by atoms with Crippen molar-refractivity contribution in [2.75, 3.05) is 11.9 Å². The highest BCUT2D eigenvalue weighted by molar-refractivity contribution is 5.99. The van der Waals surface area contributed by atoms with Gasteiger partial charge in [0.05, 0.1) is 6.04 Å². The number of benzene rings is 4. The van der Waals surface area contributed by atoms with Crippen LogP contribution in [0.15, 0.2) is 109 Å². The van der Waals surface area contributed by atoms with Crippen molar-refractivity contribution in [2.45, 2.75) is 25.6 Å². The first-order valence-electron chi connectivity index (χ1n) is 12.3. The summed E-state index contributed by atoms with van der Waals surface area (Å²) in [6.07, 6.45) is 0.477. The minimum atomic E-state index is -0.230. The first-order valence-corrected chi connectivity index (χ1v) is 12.3. The highest BCUT2D eigenvalue weighted by atomic mass is 16.2. The van der Waals surface area contributed by atoms with Gasteiger partial charge in [-0.3, -0.25) is 9.59 Å². The number of carbonyl (C=O) groups is 2. The smallest absolute Gasteiger partial charge is 0.256 e. The molecule has 1 heterocycles. The third-order valence-corrected chi connectivity index (χ3v) is 6.64. The quantitative estimate of drug-likeness (QED) is 0.329. The molecule has 36 heavy (non-hydrogen) atoms. The van der Waals surface area contributed by atoms with Crippen LogP contribution in [-0.2, 0) is 6.42 Å². The molecule has 1 aliphatic rings. The lowest BCUT2D eigenvalue weighted by Gasteiger charge is -2.26. The number of hydrogen-bond donors (Lipinski definition) is 2. The summed E-state index contributed by atoms with van der Waals surface area (Å²) in [5, 5.41) is 6.68. The van der Waals surface area contributed by atoms with E-state index in [1.807, 2.05) is 109 Å². The molecule has 0 saturated heterocycles.